The Kier molecular flexibility index (Phi) is 4.74. The van der Waals surface area contributed by atoms with Crippen LogP contribution >= 0.6 is 0 Å². The van der Waals surface area contributed by atoms with Crippen molar-refractivity contribution >= 4 is 17.7 Å². The van der Waals surface area contributed by atoms with Gasteiger partial charge in [-0.25, -0.2) is 4.79 Å². The van der Waals surface area contributed by atoms with E-state index in [2.05, 4.69) is 15.5 Å². The van der Waals surface area contributed by atoms with Crippen LogP contribution in [-0.4, -0.2) is 62.0 Å². The molecule has 2 N–H and O–H groups in total. The molecule has 1 aromatic carbocycles. The lowest BCUT2D eigenvalue weighted by Gasteiger charge is -2.39. The molecule has 1 aliphatic carbocycles. The summed E-state index contributed by atoms with van der Waals surface area (Å²) in [6.07, 6.45) is 2.49. The monoisotopic (exact) mass is 387 g/mol. The summed E-state index contributed by atoms with van der Waals surface area (Å²) >= 11 is 0. The Bertz CT molecular complexity index is 829. The maximum absolute atomic E-state index is 12.7. The summed E-state index contributed by atoms with van der Waals surface area (Å²) in [6, 6.07) is 3.28. The number of Topliss-reactive ketones (excluding diaryl/α,β-unsaturated/α-hetero) is 1. The number of carbonyl (C=O) groups excluding carboxylic acids is 3. The molecule has 8 nitrogen and oxygen atoms in total. The number of ether oxygens (including phenoxy) is 2. The third-order valence-corrected chi connectivity index (χ3v) is 6.13. The number of hydrogen-bond donors (Lipinski definition) is 2. The first-order valence-corrected chi connectivity index (χ1v) is 9.58. The molecule has 3 amide bonds. The molecule has 2 saturated heterocycles. The summed E-state index contributed by atoms with van der Waals surface area (Å²) in [5.41, 5.74) is 0.957. The number of amides is 3. The number of benzene rings is 1. The molecule has 1 aromatic rings. The van der Waals surface area contributed by atoms with Gasteiger partial charge in [0.2, 0.25) is 0 Å². The molecule has 2 aliphatic heterocycles. The highest BCUT2D eigenvalue weighted by molar-refractivity contribution is 6.07. The smallest absolute Gasteiger partial charge is 0.322 e. The zero-order valence-corrected chi connectivity index (χ0v) is 16.2. The van der Waals surface area contributed by atoms with Gasteiger partial charge in [0.25, 0.3) is 5.91 Å². The lowest BCUT2D eigenvalue weighted by Crippen LogP contribution is -2.55. The van der Waals surface area contributed by atoms with E-state index in [1.165, 1.54) is 0 Å². The summed E-state index contributed by atoms with van der Waals surface area (Å²) < 4.78 is 10.7. The second-order valence-electron chi connectivity index (χ2n) is 7.85. The van der Waals surface area contributed by atoms with Gasteiger partial charge >= 0.3 is 6.03 Å². The number of carbonyl (C=O) groups is 3. The van der Waals surface area contributed by atoms with Gasteiger partial charge < -0.3 is 19.7 Å². The van der Waals surface area contributed by atoms with E-state index in [-0.39, 0.29) is 17.6 Å². The minimum absolute atomic E-state index is 0.128. The summed E-state index contributed by atoms with van der Waals surface area (Å²) in [7, 11) is 3.16. The molecule has 150 valence electrons. The molecule has 2 heterocycles. The SMILES string of the molecule is COc1cc2c(cc1OC)C(=O)CC(CN1CCC3(CC1)NC(=O)NC3=O)C2. The fourth-order valence-electron chi connectivity index (χ4n) is 4.60. The van der Waals surface area contributed by atoms with Crippen molar-refractivity contribution in [2.45, 2.75) is 31.2 Å². The molecule has 1 atom stereocenters. The molecule has 1 spiro atoms. The first-order chi connectivity index (χ1) is 13.4. The molecule has 2 fully saturated rings. The van der Waals surface area contributed by atoms with Crippen molar-refractivity contribution in [3.63, 3.8) is 0 Å². The predicted octanol–water partition coefficient (Wildman–Crippen LogP) is 1.12. The summed E-state index contributed by atoms with van der Waals surface area (Å²) in [4.78, 5) is 38.5. The van der Waals surface area contributed by atoms with E-state index in [0.29, 0.717) is 30.8 Å². The molecule has 0 aromatic heterocycles. The Morgan fingerprint density at radius 3 is 2.36 bits per heavy atom. The minimum atomic E-state index is -0.757. The van der Waals surface area contributed by atoms with Gasteiger partial charge in [0.1, 0.15) is 5.54 Å². The molecule has 8 heteroatoms. The van der Waals surface area contributed by atoms with Gasteiger partial charge in [-0.05, 0) is 42.9 Å². The average molecular weight is 387 g/mol. The highest BCUT2D eigenvalue weighted by atomic mass is 16.5. The molecule has 0 saturated carbocycles. The number of nitrogens with one attached hydrogen (secondary N) is 2. The fraction of sp³-hybridized carbons (Fsp3) is 0.550. The molecule has 0 radical (unpaired) electrons. The third kappa shape index (κ3) is 3.22. The molecule has 3 aliphatic rings. The van der Waals surface area contributed by atoms with Crippen LogP contribution in [0.25, 0.3) is 0 Å². The van der Waals surface area contributed by atoms with Crippen molar-refractivity contribution in [3.05, 3.63) is 23.3 Å². The largest absolute Gasteiger partial charge is 0.493 e. The molecule has 28 heavy (non-hydrogen) atoms. The standard InChI is InChI=1S/C20H25N3O5/c1-27-16-9-13-7-12(8-15(24)14(13)10-17(16)28-2)11-23-5-3-20(4-6-23)18(25)21-19(26)22-20/h9-10,12H,3-8,11H2,1-2H3,(H2,21,22,25,26). The maximum Gasteiger partial charge on any atom is 0.322 e. The molecule has 4 rings (SSSR count). The number of imide groups is 1. The minimum Gasteiger partial charge on any atom is -0.493 e. The van der Waals surface area contributed by atoms with E-state index < -0.39 is 11.6 Å². The van der Waals surface area contributed by atoms with Crippen molar-refractivity contribution in [1.82, 2.24) is 15.5 Å². The molecular weight excluding hydrogens is 362 g/mol. The Morgan fingerprint density at radius 1 is 1.07 bits per heavy atom. The van der Waals surface area contributed by atoms with Crippen LogP contribution in [0.15, 0.2) is 12.1 Å². The van der Waals surface area contributed by atoms with Gasteiger partial charge in [-0.15, -0.1) is 0 Å². The predicted molar refractivity (Wildman–Crippen MR) is 101 cm³/mol. The Balaban J connectivity index is 1.42. The normalized spacial score (nSPS) is 23.9. The van der Waals surface area contributed by atoms with Gasteiger partial charge in [-0.2, -0.15) is 0 Å². The van der Waals surface area contributed by atoms with E-state index >= 15 is 0 Å². The van der Waals surface area contributed by atoms with Crippen molar-refractivity contribution in [2.24, 2.45) is 5.92 Å². The van der Waals surface area contributed by atoms with Crippen molar-refractivity contribution in [3.8, 4) is 11.5 Å². The molecule has 0 bridgehead atoms. The van der Waals surface area contributed by atoms with Gasteiger partial charge in [0, 0.05) is 31.6 Å². The van der Waals surface area contributed by atoms with E-state index in [1.807, 2.05) is 6.07 Å². The number of ketones is 1. The summed E-state index contributed by atoms with van der Waals surface area (Å²) in [6.45, 7) is 2.24. The second kappa shape index (κ2) is 7.09. The van der Waals surface area contributed by atoms with Crippen LogP contribution in [0.5, 0.6) is 11.5 Å². The van der Waals surface area contributed by atoms with Crippen molar-refractivity contribution < 1.29 is 23.9 Å². The van der Waals surface area contributed by atoms with Crippen LogP contribution < -0.4 is 20.1 Å². The van der Waals surface area contributed by atoms with Crippen LogP contribution in [-0.2, 0) is 11.2 Å². The molecular formula is C20H25N3O5. The number of nitrogens with zero attached hydrogens (tertiary/aromatic N) is 1. The highest BCUT2D eigenvalue weighted by Gasteiger charge is 2.48. The van der Waals surface area contributed by atoms with E-state index in [0.717, 1.165) is 37.2 Å². The topological polar surface area (TPSA) is 97.0 Å². The number of urea groups is 1. The summed E-state index contributed by atoms with van der Waals surface area (Å²) in [5, 5.41) is 5.12. The van der Waals surface area contributed by atoms with Crippen LogP contribution in [0.4, 0.5) is 4.79 Å². The van der Waals surface area contributed by atoms with E-state index in [4.69, 9.17) is 9.47 Å². The average Bonchev–Trinajstić information content (AvgIpc) is 2.95. The fourth-order valence-corrected chi connectivity index (χ4v) is 4.60. The van der Waals surface area contributed by atoms with Gasteiger partial charge in [-0.1, -0.05) is 0 Å². The second-order valence-corrected chi connectivity index (χ2v) is 7.85. The van der Waals surface area contributed by atoms with Crippen LogP contribution in [0, 0.1) is 5.92 Å². The van der Waals surface area contributed by atoms with E-state index in [1.54, 1.807) is 20.3 Å². The van der Waals surface area contributed by atoms with Crippen LogP contribution in [0.2, 0.25) is 0 Å². The van der Waals surface area contributed by atoms with Gasteiger partial charge in [-0.3, -0.25) is 14.9 Å². The maximum atomic E-state index is 12.7. The quantitative estimate of drug-likeness (QED) is 0.752. The number of piperidine rings is 1. The highest BCUT2D eigenvalue weighted by Crippen LogP contribution is 2.36. The van der Waals surface area contributed by atoms with Gasteiger partial charge in [0.15, 0.2) is 17.3 Å². The summed E-state index contributed by atoms with van der Waals surface area (Å²) in [5.74, 6) is 1.34. The lowest BCUT2D eigenvalue weighted by atomic mass is 9.81. The van der Waals surface area contributed by atoms with Gasteiger partial charge in [0.05, 0.1) is 14.2 Å². The Morgan fingerprint density at radius 2 is 1.75 bits per heavy atom. The zero-order valence-electron chi connectivity index (χ0n) is 16.2. The van der Waals surface area contributed by atoms with Crippen LogP contribution in [0.1, 0.15) is 35.2 Å². The third-order valence-electron chi connectivity index (χ3n) is 6.13. The number of methoxy groups -OCH3 is 2. The van der Waals surface area contributed by atoms with E-state index in [9.17, 15) is 14.4 Å². The number of fused-ring (bicyclic) bond motifs is 1. The lowest BCUT2D eigenvalue weighted by molar-refractivity contribution is -0.125. The Labute approximate surface area is 163 Å². The van der Waals surface area contributed by atoms with Crippen LogP contribution in [0.3, 0.4) is 0 Å². The number of rotatable bonds is 4. The molecule has 1 unspecified atom stereocenters. The number of hydrogen-bond acceptors (Lipinski definition) is 6. The van der Waals surface area contributed by atoms with Crippen molar-refractivity contribution in [1.29, 1.82) is 0 Å². The Hall–Kier alpha value is -2.61. The van der Waals surface area contributed by atoms with Crippen molar-refractivity contribution in [2.75, 3.05) is 33.9 Å². The first-order valence-electron chi connectivity index (χ1n) is 9.58. The number of likely N-dealkylation sites (tertiary alicyclic amines) is 1. The first kappa shape index (κ1) is 18.7. The zero-order chi connectivity index (χ0) is 19.9.